The summed E-state index contributed by atoms with van der Waals surface area (Å²) >= 11 is 0. The van der Waals surface area contributed by atoms with Crippen LogP contribution in [0.4, 0.5) is 26.3 Å². The van der Waals surface area contributed by atoms with Crippen LogP contribution in [0.3, 0.4) is 0 Å². The lowest BCUT2D eigenvalue weighted by Gasteiger charge is -2.35. The van der Waals surface area contributed by atoms with Crippen LogP contribution in [0.1, 0.15) is 62.3 Å². The van der Waals surface area contributed by atoms with E-state index in [1.807, 2.05) is 0 Å². The summed E-state index contributed by atoms with van der Waals surface area (Å²) in [4.78, 5) is 54.6. The third-order valence-electron chi connectivity index (χ3n) is 9.22. The Morgan fingerprint density at radius 2 is 0.380 bits per heavy atom. The molecule has 0 atom stereocenters. The van der Waals surface area contributed by atoms with Gasteiger partial charge in [0.1, 0.15) is 0 Å². The number of alkyl halides is 6. The van der Waals surface area contributed by atoms with Gasteiger partial charge in [-0.25, -0.2) is 28.8 Å². The average molecular weight is 1310 g/mol. The van der Waals surface area contributed by atoms with Crippen LogP contribution < -0.4 is 15.1 Å². The van der Waals surface area contributed by atoms with Crippen molar-refractivity contribution in [2.45, 2.75) is 76.1 Å². The highest BCUT2D eigenvalue weighted by Gasteiger charge is 2.58. The molecule has 0 radical (unpaired) electrons. The van der Waals surface area contributed by atoms with Gasteiger partial charge in [0, 0.05) is 0 Å². The number of rotatable bonds is 15. The van der Waals surface area contributed by atoms with Crippen LogP contribution in [0.5, 0.6) is 0 Å². The molecule has 36 nitrogen and oxygen atoms in total. The van der Waals surface area contributed by atoms with E-state index in [0.29, 0.717) is 0 Å². The van der Waals surface area contributed by atoms with Crippen molar-refractivity contribution in [1.82, 2.24) is 0 Å². The van der Waals surface area contributed by atoms with Crippen molar-refractivity contribution in [3.8, 4) is 0 Å². The lowest BCUT2D eigenvalue weighted by atomic mass is 10.3. The zero-order chi connectivity index (χ0) is 67.4. The van der Waals surface area contributed by atoms with Gasteiger partial charge in [-0.15, -0.1) is 0 Å². The molecule has 49 heteroatoms. The zero-order valence-electron chi connectivity index (χ0n) is 43.4. The first-order valence-corrected chi connectivity index (χ1v) is 28.7. The van der Waals surface area contributed by atoms with Crippen molar-refractivity contribution in [1.29, 1.82) is 0 Å². The number of halogens is 6. The number of carboxylic acid groups (broad SMARTS) is 6. The molecule has 12 N–H and O–H groups in total. The number of carbonyl (C=O) groups is 6. The van der Waals surface area contributed by atoms with Gasteiger partial charge in [-0.05, 0) is 62.3 Å². The van der Waals surface area contributed by atoms with Gasteiger partial charge >= 0.3 is 110 Å². The maximum atomic E-state index is 11.8. The van der Waals surface area contributed by atoms with Crippen molar-refractivity contribution in [3.63, 3.8) is 0 Å². The van der Waals surface area contributed by atoms with Gasteiger partial charge in [0.2, 0.25) is 0 Å². The van der Waals surface area contributed by atoms with Crippen LogP contribution in [0, 0.1) is 0 Å². The Hall–Kier alpha value is -4.32. The minimum Gasteiger partial charge on any atom is -0.907 e. The van der Waals surface area contributed by atoms with Crippen molar-refractivity contribution in [3.05, 3.63) is 0 Å². The summed E-state index contributed by atoms with van der Waals surface area (Å²) in [7, 11) is -32.8. The number of carboxylic acids is 6. The van der Waals surface area contributed by atoms with E-state index in [9.17, 15) is 76.8 Å². The van der Waals surface area contributed by atoms with Crippen LogP contribution in [0.2, 0.25) is 0 Å². The summed E-state index contributed by atoms with van der Waals surface area (Å²) in [5, 5.41) is 69.6. The standard InChI is InChI=1S/3C7H18N.3C2H2O4.3CH2F2O6S2.BO3/c3*1-5-8(4,6-2)7-3;3*3-1(4)2(5)6;3*2-1(3,10(4,5)6)11(7,8)9;2-1(3)4/h3*5-7H2,1-4H3;3*(H,3,4)(H,5,6);3*(H,4,5,6)(H,7,8,9);/q3*+1;;;;;;;-3. The van der Waals surface area contributed by atoms with Crippen LogP contribution in [0.15, 0.2) is 0 Å². The minimum atomic E-state index is -6.13. The second-order valence-electron chi connectivity index (χ2n) is 14.1. The van der Waals surface area contributed by atoms with Crippen molar-refractivity contribution in [2.75, 3.05) is 80.0 Å². The van der Waals surface area contributed by atoms with E-state index in [1.54, 1.807) is 0 Å². The predicted molar refractivity (Wildman–Crippen MR) is 249 cm³/mol. The molecule has 79 heavy (non-hydrogen) atoms. The minimum absolute atomic E-state index is 1.21. The summed E-state index contributed by atoms with van der Waals surface area (Å²) in [6.45, 7) is 31.5. The number of quaternary nitrogens is 3. The molecule has 0 bridgehead atoms. The van der Waals surface area contributed by atoms with Gasteiger partial charge in [-0.1, -0.05) is 0 Å². The van der Waals surface area contributed by atoms with E-state index in [2.05, 4.69) is 83.5 Å². The first-order valence-electron chi connectivity index (χ1n) is 20.0. The van der Waals surface area contributed by atoms with E-state index < -0.39 is 118 Å². The third kappa shape index (κ3) is 48.1. The molecular weight excluding hydrogens is 1250 g/mol. The van der Waals surface area contributed by atoms with Crippen molar-refractivity contribution in [2.24, 2.45) is 0 Å². The zero-order valence-corrected chi connectivity index (χ0v) is 48.3. The Kier molecular flexibility index (Phi) is 50.0. The summed E-state index contributed by atoms with van der Waals surface area (Å²) in [6.07, 6.45) is 0. The smallest absolute Gasteiger partial charge is 0.495 e. The van der Waals surface area contributed by atoms with E-state index in [1.165, 1.54) is 72.4 Å². The summed E-state index contributed by atoms with van der Waals surface area (Å²) in [6, 6.07) is 0. The number of nitrogens with zero attached hydrogens (tertiary/aromatic N) is 3. The maximum Gasteiger partial charge on any atom is 0.495 e. The van der Waals surface area contributed by atoms with Crippen LogP contribution in [-0.4, -0.2) is 259 Å². The lowest BCUT2D eigenvalue weighted by Crippen LogP contribution is -2.56. The summed E-state index contributed by atoms with van der Waals surface area (Å²) in [5.41, 5.74) is 0. The van der Waals surface area contributed by atoms with E-state index in [4.69, 9.17) is 102 Å². The van der Waals surface area contributed by atoms with Gasteiger partial charge < -0.3 is 59.2 Å². The first kappa shape index (κ1) is 96.9. The van der Waals surface area contributed by atoms with Gasteiger partial charge in [0.05, 0.1) is 80.0 Å². The first-order chi connectivity index (χ1) is 34.2. The number of hydrogen-bond acceptors (Lipinski definition) is 21. The molecule has 0 saturated carbocycles. The largest absolute Gasteiger partial charge is 0.907 e. The van der Waals surface area contributed by atoms with Crippen molar-refractivity contribution < 1.29 is 192 Å². The van der Waals surface area contributed by atoms with E-state index in [0.717, 1.165) is 0 Å². The van der Waals surface area contributed by atoms with Crippen LogP contribution in [0.25, 0.3) is 0 Å². The highest BCUT2D eigenvalue weighted by atomic mass is 32.3. The Morgan fingerprint density at radius 3 is 0.380 bits per heavy atom. The highest BCUT2D eigenvalue weighted by molar-refractivity contribution is 8.05. The highest BCUT2D eigenvalue weighted by Crippen LogP contribution is 2.27. The predicted octanol–water partition coefficient (Wildman–Crippen LogP) is -4.07. The molecule has 0 unspecified atom stereocenters. The fourth-order valence-electron chi connectivity index (χ4n) is 2.41. The molecule has 0 amide bonds. The monoisotopic (exact) mass is 1310 g/mol. The summed E-state index contributed by atoms with van der Waals surface area (Å²) < 4.78 is 218. The van der Waals surface area contributed by atoms with Gasteiger partial charge in [-0.3, -0.25) is 34.6 Å². The second kappa shape index (κ2) is 40.8. The van der Waals surface area contributed by atoms with Crippen molar-refractivity contribution >= 4 is 104 Å². The Bertz CT molecular complexity index is 2090. The maximum absolute atomic E-state index is 11.8. The molecule has 0 saturated heterocycles. The lowest BCUT2D eigenvalue weighted by molar-refractivity contribution is -0.904. The molecule has 0 heterocycles. The molecular formula is C30H66BF6N3O33S6. The Morgan fingerprint density at radius 1 is 0.316 bits per heavy atom. The molecule has 0 fully saturated rings. The average Bonchev–Trinajstić information content (AvgIpc) is 3.27. The van der Waals surface area contributed by atoms with Crippen LogP contribution in [-0.2, 0) is 89.5 Å². The summed E-state index contributed by atoms with van der Waals surface area (Å²) in [5.74, 6) is -10.9. The fourth-order valence-corrected chi connectivity index (χ4v) is 5.61. The molecule has 0 spiro atoms. The Labute approximate surface area is 450 Å². The molecule has 480 valence electrons. The van der Waals surface area contributed by atoms with E-state index >= 15 is 0 Å². The quantitative estimate of drug-likeness (QED) is 0.0244. The Balaban J connectivity index is -0.0000000847. The number of hydrogen-bond donors (Lipinski definition) is 12. The molecule has 0 rings (SSSR count). The molecule has 0 aliphatic heterocycles. The molecule has 0 aromatic rings. The molecule has 0 aliphatic rings. The fraction of sp³-hybridized carbons (Fsp3) is 0.800. The van der Waals surface area contributed by atoms with Gasteiger partial charge in [-0.2, -0.15) is 76.8 Å². The molecule has 0 aliphatic carbocycles. The molecule has 0 aromatic carbocycles. The molecule has 0 aromatic heterocycles. The SMILES string of the molecule is CC[N+](C)(CC)CC.CC[N+](C)(CC)CC.CC[N+](C)(CC)CC.O=C(O)C(=O)O.O=C(O)C(=O)O.O=C(O)C(=O)O.O=S(=O)(O)C(F)(F)S(=O)(=O)O.O=S(=O)(O)C(F)(F)S(=O)(=O)O.O=S(=O)(O)C(F)(F)S(=O)(=O)O.[O-]B([O-])[O-]. The second-order valence-corrected chi connectivity index (χ2v) is 23.6. The third-order valence-corrected chi connectivity index (χ3v) is 16.6. The van der Waals surface area contributed by atoms with Gasteiger partial charge in [0.25, 0.3) is 0 Å². The van der Waals surface area contributed by atoms with E-state index in [-0.39, 0.29) is 0 Å². The van der Waals surface area contributed by atoms with Crippen LogP contribution >= 0.6 is 0 Å². The topological polar surface area (TPSA) is 619 Å². The normalized spacial score (nSPS) is 11.9. The number of aliphatic carboxylic acids is 6. The van der Waals surface area contributed by atoms with Gasteiger partial charge in [0.15, 0.2) is 0 Å².